The highest BCUT2D eigenvalue weighted by Gasteiger charge is 2.21. The van der Waals surface area contributed by atoms with Crippen LogP contribution in [0.3, 0.4) is 0 Å². The number of hydrogen-bond donors (Lipinski definition) is 1. The van der Waals surface area contributed by atoms with Crippen molar-refractivity contribution >= 4 is 29.1 Å². The molecule has 1 aromatic carbocycles. The van der Waals surface area contributed by atoms with E-state index in [0.717, 1.165) is 24.5 Å². The Kier molecular flexibility index (Phi) is 4.99. The van der Waals surface area contributed by atoms with Crippen LogP contribution in [0.15, 0.2) is 29.4 Å². The van der Waals surface area contributed by atoms with E-state index in [9.17, 15) is 9.59 Å². The molecule has 7 heteroatoms. The summed E-state index contributed by atoms with van der Waals surface area (Å²) >= 11 is 1.32. The van der Waals surface area contributed by atoms with E-state index in [0.29, 0.717) is 17.1 Å². The zero-order valence-electron chi connectivity index (χ0n) is 13.8. The highest BCUT2D eigenvalue weighted by Crippen LogP contribution is 2.23. The highest BCUT2D eigenvalue weighted by molar-refractivity contribution is 7.99. The van der Waals surface area contributed by atoms with Crippen LogP contribution in [-0.4, -0.2) is 39.2 Å². The average molecular weight is 344 g/mol. The number of carbonyl (C=O) groups excluding carboxylic acids is 2. The van der Waals surface area contributed by atoms with Gasteiger partial charge >= 0.3 is 0 Å². The number of carbonyl (C=O) groups is 2. The van der Waals surface area contributed by atoms with Crippen molar-refractivity contribution in [3.63, 3.8) is 0 Å². The number of rotatable bonds is 6. The molecule has 24 heavy (non-hydrogen) atoms. The number of amides is 1. The number of Topliss-reactive ketones (excluding diaryl/α,β-unsaturated/α-hetero) is 1. The minimum Gasteiger partial charge on any atom is -0.312 e. The van der Waals surface area contributed by atoms with Gasteiger partial charge in [-0.3, -0.25) is 14.7 Å². The lowest BCUT2D eigenvalue weighted by molar-refractivity contribution is -0.117. The van der Waals surface area contributed by atoms with Crippen LogP contribution in [0.1, 0.15) is 48.8 Å². The predicted molar refractivity (Wildman–Crippen MR) is 93.6 cm³/mol. The van der Waals surface area contributed by atoms with Crippen molar-refractivity contribution in [3.05, 3.63) is 35.7 Å². The lowest BCUT2D eigenvalue weighted by Gasteiger charge is -2.15. The Balaban J connectivity index is 1.59. The van der Waals surface area contributed by atoms with Crippen molar-refractivity contribution in [1.82, 2.24) is 15.2 Å². The Hall–Kier alpha value is -2.15. The van der Waals surface area contributed by atoms with Crippen molar-refractivity contribution in [1.29, 1.82) is 0 Å². The molecule has 1 aliphatic rings. The number of benzene rings is 1. The molecule has 0 unspecified atom stereocenters. The van der Waals surface area contributed by atoms with Crippen molar-refractivity contribution < 1.29 is 9.59 Å². The van der Waals surface area contributed by atoms with E-state index in [1.165, 1.54) is 11.8 Å². The van der Waals surface area contributed by atoms with Gasteiger partial charge in [0.2, 0.25) is 11.1 Å². The molecule has 0 saturated carbocycles. The molecule has 1 N–H and O–H groups in total. The summed E-state index contributed by atoms with van der Waals surface area (Å²) < 4.78 is 0. The molecule has 126 valence electrons. The van der Waals surface area contributed by atoms with Crippen LogP contribution in [-0.2, 0) is 4.79 Å². The second-order valence-corrected chi connectivity index (χ2v) is 7.01. The zero-order valence-corrected chi connectivity index (χ0v) is 14.6. The third kappa shape index (κ3) is 3.67. The van der Waals surface area contributed by atoms with Crippen molar-refractivity contribution in [3.8, 4) is 0 Å². The fourth-order valence-corrected chi connectivity index (χ4v) is 3.24. The Morgan fingerprint density at radius 3 is 2.67 bits per heavy atom. The minimum atomic E-state index is 0.0233. The molecular formula is C17H20N4O2S. The smallest absolute Gasteiger partial charge is 0.227 e. The second kappa shape index (κ2) is 7.17. The summed E-state index contributed by atoms with van der Waals surface area (Å²) in [6, 6.07) is 7.23. The third-order valence-electron chi connectivity index (χ3n) is 3.94. The number of thioether (sulfide) groups is 1. The van der Waals surface area contributed by atoms with Gasteiger partial charge in [-0.25, -0.2) is 4.98 Å². The molecule has 0 spiro atoms. The van der Waals surface area contributed by atoms with E-state index in [1.807, 2.05) is 26.0 Å². The van der Waals surface area contributed by atoms with Gasteiger partial charge < -0.3 is 4.90 Å². The van der Waals surface area contributed by atoms with Gasteiger partial charge in [0.1, 0.15) is 5.82 Å². The molecule has 2 heterocycles. The molecule has 1 aliphatic heterocycles. The summed E-state index contributed by atoms with van der Waals surface area (Å²) in [5, 5.41) is 7.58. The third-order valence-corrected chi connectivity index (χ3v) is 4.78. The zero-order chi connectivity index (χ0) is 17.1. The summed E-state index contributed by atoms with van der Waals surface area (Å²) in [7, 11) is 0. The maximum Gasteiger partial charge on any atom is 0.227 e. The first-order valence-corrected chi connectivity index (χ1v) is 9.02. The first kappa shape index (κ1) is 16.7. The fourth-order valence-electron chi connectivity index (χ4n) is 2.54. The number of ketones is 1. The standard InChI is InChI=1S/C17H20N4O2S/c1-11(2)16-18-17(20-19-16)24-10-14(22)12-5-7-13(8-6-12)21-9-3-4-15(21)23/h5-8,11H,3-4,9-10H2,1-2H3,(H,18,19,20). The number of aromatic amines is 1. The van der Waals surface area contributed by atoms with Crippen molar-refractivity contribution in [2.45, 2.75) is 37.8 Å². The molecule has 1 saturated heterocycles. The normalized spacial score (nSPS) is 14.6. The van der Waals surface area contributed by atoms with E-state index in [2.05, 4.69) is 15.2 Å². The predicted octanol–water partition coefficient (Wildman–Crippen LogP) is 3.03. The number of anilines is 1. The number of H-pyrrole nitrogens is 1. The molecule has 0 aliphatic carbocycles. The van der Waals surface area contributed by atoms with E-state index >= 15 is 0 Å². The average Bonchev–Trinajstić information content (AvgIpc) is 3.22. The van der Waals surface area contributed by atoms with Gasteiger partial charge in [0, 0.05) is 30.1 Å². The fraction of sp³-hybridized carbons (Fsp3) is 0.412. The first-order valence-electron chi connectivity index (χ1n) is 8.03. The summed E-state index contributed by atoms with van der Waals surface area (Å²) in [5.74, 6) is 1.57. The topological polar surface area (TPSA) is 79.0 Å². The summed E-state index contributed by atoms with van der Waals surface area (Å²) in [6.07, 6.45) is 1.50. The van der Waals surface area contributed by atoms with Gasteiger partial charge in [-0.1, -0.05) is 25.6 Å². The molecule has 1 fully saturated rings. The Morgan fingerprint density at radius 2 is 2.08 bits per heavy atom. The molecule has 0 atom stereocenters. The monoisotopic (exact) mass is 344 g/mol. The Bertz CT molecular complexity index is 739. The van der Waals surface area contributed by atoms with Crippen LogP contribution in [0.2, 0.25) is 0 Å². The van der Waals surface area contributed by atoms with Crippen LogP contribution >= 0.6 is 11.8 Å². The van der Waals surface area contributed by atoms with E-state index in [-0.39, 0.29) is 23.4 Å². The Labute approximate surface area is 145 Å². The molecule has 6 nitrogen and oxygen atoms in total. The number of nitrogens with zero attached hydrogens (tertiary/aromatic N) is 3. The quantitative estimate of drug-likeness (QED) is 0.644. The minimum absolute atomic E-state index is 0.0233. The van der Waals surface area contributed by atoms with Gasteiger partial charge in [0.25, 0.3) is 0 Å². The molecule has 1 amide bonds. The molecule has 0 bridgehead atoms. The van der Waals surface area contributed by atoms with E-state index in [1.54, 1.807) is 17.0 Å². The van der Waals surface area contributed by atoms with E-state index in [4.69, 9.17) is 0 Å². The molecule has 1 aromatic heterocycles. The summed E-state index contributed by atoms with van der Waals surface area (Å²) in [5.41, 5.74) is 1.50. The maximum atomic E-state index is 12.3. The van der Waals surface area contributed by atoms with Gasteiger partial charge in [-0.05, 0) is 30.7 Å². The van der Waals surface area contributed by atoms with Crippen LogP contribution in [0.25, 0.3) is 0 Å². The van der Waals surface area contributed by atoms with Crippen LogP contribution in [0, 0.1) is 0 Å². The van der Waals surface area contributed by atoms with Crippen LogP contribution < -0.4 is 4.90 Å². The molecule has 2 aromatic rings. The van der Waals surface area contributed by atoms with Gasteiger partial charge in [-0.15, -0.1) is 5.10 Å². The summed E-state index contributed by atoms with van der Waals surface area (Å²) in [4.78, 5) is 30.1. The molecular weight excluding hydrogens is 324 g/mol. The maximum absolute atomic E-state index is 12.3. The van der Waals surface area contributed by atoms with E-state index < -0.39 is 0 Å². The van der Waals surface area contributed by atoms with Crippen molar-refractivity contribution in [2.24, 2.45) is 0 Å². The van der Waals surface area contributed by atoms with Gasteiger partial charge in [0.05, 0.1) is 5.75 Å². The number of aromatic nitrogens is 3. The lowest BCUT2D eigenvalue weighted by Crippen LogP contribution is -2.23. The summed E-state index contributed by atoms with van der Waals surface area (Å²) in [6.45, 7) is 4.82. The highest BCUT2D eigenvalue weighted by atomic mass is 32.2. The first-order chi connectivity index (χ1) is 11.5. The lowest BCUT2D eigenvalue weighted by atomic mass is 10.1. The van der Waals surface area contributed by atoms with Gasteiger partial charge in [-0.2, -0.15) is 0 Å². The van der Waals surface area contributed by atoms with Crippen molar-refractivity contribution in [2.75, 3.05) is 17.2 Å². The van der Waals surface area contributed by atoms with Gasteiger partial charge in [0.15, 0.2) is 5.78 Å². The van der Waals surface area contributed by atoms with Crippen LogP contribution in [0.5, 0.6) is 0 Å². The molecule has 0 radical (unpaired) electrons. The second-order valence-electron chi connectivity index (χ2n) is 6.07. The number of hydrogen-bond acceptors (Lipinski definition) is 5. The SMILES string of the molecule is CC(C)c1nc(SCC(=O)c2ccc(N3CCCC3=O)cc2)n[nH]1. The molecule has 3 rings (SSSR count). The number of nitrogens with one attached hydrogen (secondary N) is 1. The van der Waals surface area contributed by atoms with Crippen LogP contribution in [0.4, 0.5) is 5.69 Å². The Morgan fingerprint density at radius 1 is 1.33 bits per heavy atom. The largest absolute Gasteiger partial charge is 0.312 e.